The highest BCUT2D eigenvalue weighted by Gasteiger charge is 2.41. The van der Waals surface area contributed by atoms with Gasteiger partial charge in [-0.3, -0.25) is 0 Å². The van der Waals surface area contributed by atoms with Crippen LogP contribution in [0.5, 0.6) is 0 Å². The first kappa shape index (κ1) is 12.3. The molecule has 0 spiro atoms. The minimum atomic E-state index is -4.45. The van der Waals surface area contributed by atoms with Gasteiger partial charge in [0.25, 0.3) is 0 Å². The van der Waals surface area contributed by atoms with Crippen molar-refractivity contribution in [2.24, 2.45) is 5.92 Å². The molecule has 0 aromatic carbocycles. The Morgan fingerprint density at radius 3 is 2.33 bits per heavy atom. The summed E-state index contributed by atoms with van der Waals surface area (Å²) in [5, 5.41) is 17.6. The van der Waals surface area contributed by atoms with E-state index in [4.69, 9.17) is 10.4 Å². The van der Waals surface area contributed by atoms with Gasteiger partial charge in [0.05, 0.1) is 12.2 Å². The molecule has 1 N–H and O–H groups in total. The molecule has 0 saturated carbocycles. The van der Waals surface area contributed by atoms with E-state index in [0.717, 1.165) is 0 Å². The van der Waals surface area contributed by atoms with Crippen molar-refractivity contribution in [3.05, 3.63) is 0 Å². The number of nitriles is 1. The lowest BCUT2D eigenvalue weighted by Crippen LogP contribution is -2.41. The standard InChI is InChI=1S/C9H13F3N2O/c10-9(11,12)7(5-13)6-14-3-1-8(15)2-4-14/h7-8,15H,1-4,6H2. The molecule has 1 unspecified atom stereocenters. The van der Waals surface area contributed by atoms with Crippen LogP contribution in [-0.4, -0.2) is 41.9 Å². The first-order chi connectivity index (χ1) is 6.93. The molecule has 1 heterocycles. The number of piperidine rings is 1. The fourth-order valence-electron chi connectivity index (χ4n) is 1.58. The van der Waals surface area contributed by atoms with Crippen LogP contribution in [0.3, 0.4) is 0 Å². The minimum Gasteiger partial charge on any atom is -0.393 e. The predicted octanol–water partition coefficient (Wildman–Crippen LogP) is 1.15. The Hall–Kier alpha value is -0.800. The van der Waals surface area contributed by atoms with Crippen LogP contribution in [0, 0.1) is 17.2 Å². The molecule has 0 bridgehead atoms. The summed E-state index contributed by atoms with van der Waals surface area (Å²) in [4.78, 5) is 1.58. The zero-order chi connectivity index (χ0) is 11.5. The molecule has 3 nitrogen and oxygen atoms in total. The second kappa shape index (κ2) is 4.81. The highest BCUT2D eigenvalue weighted by Crippen LogP contribution is 2.27. The molecule has 0 aliphatic carbocycles. The number of aliphatic hydroxyl groups excluding tert-OH is 1. The highest BCUT2D eigenvalue weighted by atomic mass is 19.4. The Morgan fingerprint density at radius 2 is 1.93 bits per heavy atom. The van der Waals surface area contributed by atoms with Crippen LogP contribution < -0.4 is 0 Å². The van der Waals surface area contributed by atoms with Crippen molar-refractivity contribution in [2.45, 2.75) is 25.1 Å². The summed E-state index contributed by atoms with van der Waals surface area (Å²) in [6.45, 7) is 0.567. The van der Waals surface area contributed by atoms with Crippen molar-refractivity contribution in [3.8, 4) is 6.07 Å². The smallest absolute Gasteiger partial charge is 0.393 e. The third-order valence-electron chi connectivity index (χ3n) is 2.55. The molecule has 1 atom stereocenters. The summed E-state index contributed by atoms with van der Waals surface area (Å²) < 4.78 is 36.8. The van der Waals surface area contributed by atoms with Gasteiger partial charge in [0, 0.05) is 19.6 Å². The van der Waals surface area contributed by atoms with Crippen molar-refractivity contribution in [1.29, 1.82) is 5.26 Å². The van der Waals surface area contributed by atoms with Crippen LogP contribution in [0.1, 0.15) is 12.8 Å². The molecular formula is C9H13F3N2O. The van der Waals surface area contributed by atoms with Gasteiger partial charge in [-0.25, -0.2) is 0 Å². The lowest BCUT2D eigenvalue weighted by atomic mass is 10.1. The topological polar surface area (TPSA) is 47.3 Å². The van der Waals surface area contributed by atoms with E-state index < -0.39 is 18.2 Å². The Balaban J connectivity index is 2.44. The van der Waals surface area contributed by atoms with Gasteiger partial charge in [-0.15, -0.1) is 0 Å². The summed E-state index contributed by atoms with van der Waals surface area (Å²) in [6.07, 6.45) is -3.90. The minimum absolute atomic E-state index is 0.285. The van der Waals surface area contributed by atoms with E-state index in [1.165, 1.54) is 6.07 Å². The molecule has 15 heavy (non-hydrogen) atoms. The van der Waals surface area contributed by atoms with Gasteiger partial charge in [0.1, 0.15) is 0 Å². The molecule has 0 aromatic heterocycles. The van der Waals surface area contributed by atoms with E-state index >= 15 is 0 Å². The highest BCUT2D eigenvalue weighted by molar-refractivity contribution is 4.91. The summed E-state index contributed by atoms with van der Waals surface area (Å²) in [6, 6.07) is 1.27. The number of hydrogen-bond donors (Lipinski definition) is 1. The molecule has 6 heteroatoms. The molecule has 1 aliphatic heterocycles. The molecular weight excluding hydrogens is 209 g/mol. The lowest BCUT2D eigenvalue weighted by Gasteiger charge is -2.31. The van der Waals surface area contributed by atoms with Crippen LogP contribution in [0.25, 0.3) is 0 Å². The quantitative estimate of drug-likeness (QED) is 0.762. The summed E-state index contributed by atoms with van der Waals surface area (Å²) >= 11 is 0. The van der Waals surface area contributed by atoms with E-state index in [2.05, 4.69) is 0 Å². The number of aliphatic hydroxyl groups is 1. The third kappa shape index (κ3) is 3.68. The van der Waals surface area contributed by atoms with E-state index in [0.29, 0.717) is 25.9 Å². The van der Waals surface area contributed by atoms with Crippen LogP contribution in [0.15, 0.2) is 0 Å². The summed E-state index contributed by atoms with van der Waals surface area (Å²) in [5.41, 5.74) is 0. The van der Waals surface area contributed by atoms with Crippen LogP contribution in [0.2, 0.25) is 0 Å². The second-order valence-corrected chi connectivity index (χ2v) is 3.76. The second-order valence-electron chi connectivity index (χ2n) is 3.76. The molecule has 1 fully saturated rings. The monoisotopic (exact) mass is 222 g/mol. The molecule has 86 valence electrons. The maximum Gasteiger partial charge on any atom is 0.405 e. The van der Waals surface area contributed by atoms with Gasteiger partial charge in [-0.1, -0.05) is 0 Å². The zero-order valence-corrected chi connectivity index (χ0v) is 8.17. The number of nitrogens with zero attached hydrogens (tertiary/aromatic N) is 2. The van der Waals surface area contributed by atoms with Crippen molar-refractivity contribution < 1.29 is 18.3 Å². The van der Waals surface area contributed by atoms with Crippen molar-refractivity contribution in [3.63, 3.8) is 0 Å². The third-order valence-corrected chi connectivity index (χ3v) is 2.55. The van der Waals surface area contributed by atoms with Crippen LogP contribution in [0.4, 0.5) is 13.2 Å². The van der Waals surface area contributed by atoms with Crippen LogP contribution >= 0.6 is 0 Å². The van der Waals surface area contributed by atoms with Gasteiger partial charge < -0.3 is 10.0 Å². The Bertz CT molecular complexity index is 241. The largest absolute Gasteiger partial charge is 0.405 e. The normalized spacial score (nSPS) is 22.3. The van der Waals surface area contributed by atoms with Gasteiger partial charge in [-0.05, 0) is 12.8 Å². The average Bonchev–Trinajstić information content (AvgIpc) is 2.15. The number of likely N-dealkylation sites (tertiary alicyclic amines) is 1. The van der Waals surface area contributed by atoms with E-state index in [1.54, 1.807) is 4.90 Å². The van der Waals surface area contributed by atoms with Crippen LogP contribution in [-0.2, 0) is 0 Å². The number of rotatable bonds is 2. The fraction of sp³-hybridized carbons (Fsp3) is 0.889. The molecule has 1 saturated heterocycles. The Labute approximate surface area is 86.1 Å². The SMILES string of the molecule is N#CC(CN1CCC(O)CC1)C(F)(F)F. The maximum atomic E-state index is 12.3. The average molecular weight is 222 g/mol. The summed E-state index contributed by atoms with van der Waals surface area (Å²) in [7, 11) is 0. The molecule has 0 radical (unpaired) electrons. The first-order valence-corrected chi connectivity index (χ1v) is 4.80. The Kier molecular flexibility index (Phi) is 3.94. The van der Waals surface area contributed by atoms with Gasteiger partial charge >= 0.3 is 6.18 Å². The van der Waals surface area contributed by atoms with Crippen molar-refractivity contribution in [2.75, 3.05) is 19.6 Å². The van der Waals surface area contributed by atoms with Crippen molar-refractivity contribution >= 4 is 0 Å². The molecule has 0 amide bonds. The first-order valence-electron chi connectivity index (χ1n) is 4.80. The maximum absolute atomic E-state index is 12.3. The van der Waals surface area contributed by atoms with E-state index in [1.807, 2.05) is 0 Å². The van der Waals surface area contributed by atoms with Gasteiger partial charge in [-0.2, -0.15) is 18.4 Å². The molecule has 0 aromatic rings. The Morgan fingerprint density at radius 1 is 1.40 bits per heavy atom. The fourth-order valence-corrected chi connectivity index (χ4v) is 1.58. The van der Waals surface area contributed by atoms with Gasteiger partial charge in [0.2, 0.25) is 0 Å². The molecule has 1 aliphatic rings. The van der Waals surface area contributed by atoms with E-state index in [-0.39, 0.29) is 6.54 Å². The number of alkyl halides is 3. The predicted molar refractivity (Wildman–Crippen MR) is 46.8 cm³/mol. The number of halogens is 3. The van der Waals surface area contributed by atoms with Gasteiger partial charge in [0.15, 0.2) is 5.92 Å². The lowest BCUT2D eigenvalue weighted by molar-refractivity contribution is -0.164. The van der Waals surface area contributed by atoms with Crippen molar-refractivity contribution in [1.82, 2.24) is 4.90 Å². The zero-order valence-electron chi connectivity index (χ0n) is 8.17. The molecule has 1 rings (SSSR count). The number of hydrogen-bond acceptors (Lipinski definition) is 3. The summed E-state index contributed by atoms with van der Waals surface area (Å²) in [5.74, 6) is -1.92. The van der Waals surface area contributed by atoms with E-state index in [9.17, 15) is 13.2 Å².